The van der Waals surface area contributed by atoms with Crippen molar-refractivity contribution in [1.82, 2.24) is 0 Å². The van der Waals surface area contributed by atoms with Gasteiger partial charge in [0.25, 0.3) is 0 Å². The lowest BCUT2D eigenvalue weighted by Crippen LogP contribution is -2.29. The van der Waals surface area contributed by atoms with Gasteiger partial charge >= 0.3 is 5.97 Å². The maximum Gasteiger partial charge on any atom is 0.327 e. The molecule has 0 aromatic rings. The summed E-state index contributed by atoms with van der Waals surface area (Å²) in [5, 5.41) is 0. The molecule has 14 heavy (non-hydrogen) atoms. The first-order chi connectivity index (χ1) is 6.28. The largest absolute Gasteiger partial charge is 0.465 e. The molecule has 0 saturated carbocycles. The van der Waals surface area contributed by atoms with E-state index in [0.717, 1.165) is 0 Å². The standard InChI is InChI=1S/C10H17BrO3/c1-5-14-9(13)8(11)7(12)6-10(2,3)4/h8H,5-6H2,1-4H3. The Morgan fingerprint density at radius 3 is 2.21 bits per heavy atom. The predicted molar refractivity (Wildman–Crippen MR) is 58.4 cm³/mol. The van der Waals surface area contributed by atoms with E-state index in [1.54, 1.807) is 6.92 Å². The van der Waals surface area contributed by atoms with Gasteiger partial charge in [0.15, 0.2) is 10.6 Å². The molecule has 0 rings (SSSR count). The van der Waals surface area contributed by atoms with Crippen molar-refractivity contribution < 1.29 is 14.3 Å². The third-order valence-electron chi connectivity index (χ3n) is 1.48. The molecule has 1 unspecified atom stereocenters. The summed E-state index contributed by atoms with van der Waals surface area (Å²) in [5.74, 6) is -0.627. The van der Waals surface area contributed by atoms with Gasteiger partial charge in [-0.05, 0) is 12.3 Å². The fourth-order valence-electron chi connectivity index (χ4n) is 0.959. The van der Waals surface area contributed by atoms with E-state index in [4.69, 9.17) is 4.74 Å². The van der Waals surface area contributed by atoms with Gasteiger partial charge < -0.3 is 4.74 Å². The summed E-state index contributed by atoms with van der Waals surface area (Å²) in [7, 11) is 0. The van der Waals surface area contributed by atoms with Crippen LogP contribution >= 0.6 is 15.9 Å². The first-order valence-electron chi connectivity index (χ1n) is 4.61. The smallest absolute Gasteiger partial charge is 0.327 e. The lowest BCUT2D eigenvalue weighted by molar-refractivity contribution is -0.144. The zero-order valence-electron chi connectivity index (χ0n) is 9.09. The van der Waals surface area contributed by atoms with E-state index >= 15 is 0 Å². The Hall–Kier alpha value is -0.380. The van der Waals surface area contributed by atoms with Crippen molar-refractivity contribution >= 4 is 27.7 Å². The number of halogens is 1. The average molecular weight is 265 g/mol. The van der Waals surface area contributed by atoms with Crippen LogP contribution < -0.4 is 0 Å². The molecule has 0 amide bonds. The van der Waals surface area contributed by atoms with E-state index in [1.165, 1.54) is 0 Å². The quantitative estimate of drug-likeness (QED) is 0.445. The molecule has 0 aromatic carbocycles. The second kappa shape index (κ2) is 5.49. The minimum Gasteiger partial charge on any atom is -0.465 e. The lowest BCUT2D eigenvalue weighted by atomic mass is 9.89. The minimum atomic E-state index is -0.818. The maximum atomic E-state index is 11.5. The number of hydrogen-bond donors (Lipinski definition) is 0. The Labute approximate surface area is 93.3 Å². The number of alkyl halides is 1. The van der Waals surface area contributed by atoms with Crippen molar-refractivity contribution in [3.63, 3.8) is 0 Å². The number of ketones is 1. The van der Waals surface area contributed by atoms with Crippen LogP contribution in [0.25, 0.3) is 0 Å². The van der Waals surface area contributed by atoms with Crippen molar-refractivity contribution in [2.75, 3.05) is 6.61 Å². The second-order valence-electron chi connectivity index (χ2n) is 4.32. The summed E-state index contributed by atoms with van der Waals surface area (Å²) >= 11 is 3.04. The zero-order valence-corrected chi connectivity index (χ0v) is 10.7. The van der Waals surface area contributed by atoms with E-state index < -0.39 is 10.8 Å². The number of ether oxygens (including phenoxy) is 1. The van der Waals surface area contributed by atoms with Crippen molar-refractivity contribution in [3.05, 3.63) is 0 Å². The molecule has 0 aliphatic carbocycles. The summed E-state index contributed by atoms with van der Waals surface area (Å²) in [5.41, 5.74) is -0.102. The van der Waals surface area contributed by atoms with Gasteiger partial charge in [0.1, 0.15) is 0 Å². The highest BCUT2D eigenvalue weighted by Gasteiger charge is 2.28. The van der Waals surface area contributed by atoms with Gasteiger partial charge in [-0.3, -0.25) is 9.59 Å². The number of Topliss-reactive ketones (excluding diaryl/α,β-unsaturated/α-hetero) is 1. The monoisotopic (exact) mass is 264 g/mol. The SMILES string of the molecule is CCOC(=O)C(Br)C(=O)CC(C)(C)C. The van der Waals surface area contributed by atoms with Crippen molar-refractivity contribution in [1.29, 1.82) is 0 Å². The van der Waals surface area contributed by atoms with E-state index in [-0.39, 0.29) is 11.2 Å². The van der Waals surface area contributed by atoms with Crippen molar-refractivity contribution in [2.24, 2.45) is 5.41 Å². The Bertz CT molecular complexity index is 218. The molecule has 0 aliphatic heterocycles. The van der Waals surface area contributed by atoms with Crippen LogP contribution in [0.2, 0.25) is 0 Å². The van der Waals surface area contributed by atoms with Crippen LogP contribution in [-0.2, 0) is 14.3 Å². The number of esters is 1. The summed E-state index contributed by atoms with van der Waals surface area (Å²) in [6, 6.07) is 0. The summed E-state index contributed by atoms with van der Waals surface area (Å²) < 4.78 is 4.73. The Kier molecular flexibility index (Phi) is 5.34. The lowest BCUT2D eigenvalue weighted by Gasteiger charge is -2.18. The van der Waals surface area contributed by atoms with Gasteiger partial charge in [0.2, 0.25) is 0 Å². The Morgan fingerprint density at radius 1 is 1.36 bits per heavy atom. The molecule has 82 valence electrons. The van der Waals surface area contributed by atoms with Crippen LogP contribution in [-0.4, -0.2) is 23.2 Å². The second-order valence-corrected chi connectivity index (χ2v) is 5.23. The van der Waals surface area contributed by atoms with Crippen LogP contribution in [0, 0.1) is 5.41 Å². The number of carbonyl (C=O) groups excluding carboxylic acids is 2. The molecule has 0 heterocycles. The molecule has 0 spiro atoms. The van der Waals surface area contributed by atoms with Gasteiger partial charge in [0.05, 0.1) is 6.61 Å². The van der Waals surface area contributed by atoms with Gasteiger partial charge in [-0.1, -0.05) is 36.7 Å². The van der Waals surface area contributed by atoms with Gasteiger partial charge in [-0.2, -0.15) is 0 Å². The summed E-state index contributed by atoms with van der Waals surface area (Å²) in [4.78, 5) is 21.9. The molecule has 0 saturated heterocycles. The van der Waals surface area contributed by atoms with Crippen LogP contribution in [0.4, 0.5) is 0 Å². The van der Waals surface area contributed by atoms with Crippen LogP contribution in [0.1, 0.15) is 34.1 Å². The molecule has 0 bridgehead atoms. The molecule has 0 N–H and O–H groups in total. The van der Waals surface area contributed by atoms with Gasteiger partial charge in [-0.15, -0.1) is 0 Å². The highest BCUT2D eigenvalue weighted by molar-refractivity contribution is 9.10. The maximum absolute atomic E-state index is 11.5. The predicted octanol–water partition coefficient (Wildman–Crippen LogP) is 2.32. The van der Waals surface area contributed by atoms with Crippen LogP contribution in [0.3, 0.4) is 0 Å². The molecule has 1 atom stereocenters. The fraction of sp³-hybridized carbons (Fsp3) is 0.800. The topological polar surface area (TPSA) is 43.4 Å². The first kappa shape index (κ1) is 13.6. The van der Waals surface area contributed by atoms with Crippen LogP contribution in [0.5, 0.6) is 0 Å². The third kappa shape index (κ3) is 5.37. The molecular formula is C10H17BrO3. The number of hydrogen-bond acceptors (Lipinski definition) is 3. The minimum absolute atomic E-state index is 0.102. The number of rotatable bonds is 4. The van der Waals surface area contributed by atoms with Crippen molar-refractivity contribution in [3.8, 4) is 0 Å². The molecule has 0 radical (unpaired) electrons. The van der Waals surface area contributed by atoms with E-state index in [9.17, 15) is 9.59 Å². The van der Waals surface area contributed by atoms with Gasteiger partial charge in [-0.25, -0.2) is 0 Å². The molecule has 0 aromatic heterocycles. The first-order valence-corrected chi connectivity index (χ1v) is 5.53. The van der Waals surface area contributed by atoms with Crippen LogP contribution in [0.15, 0.2) is 0 Å². The average Bonchev–Trinajstić information content (AvgIpc) is 2.00. The Morgan fingerprint density at radius 2 is 1.86 bits per heavy atom. The molecule has 0 aliphatic rings. The molecular weight excluding hydrogens is 248 g/mol. The van der Waals surface area contributed by atoms with Gasteiger partial charge in [0, 0.05) is 6.42 Å². The highest BCUT2D eigenvalue weighted by Crippen LogP contribution is 2.21. The fourth-order valence-corrected chi connectivity index (χ4v) is 1.25. The normalized spacial score (nSPS) is 13.5. The summed E-state index contributed by atoms with van der Waals surface area (Å²) in [6.07, 6.45) is 0.363. The molecule has 4 heteroatoms. The van der Waals surface area contributed by atoms with E-state index in [0.29, 0.717) is 13.0 Å². The highest BCUT2D eigenvalue weighted by atomic mass is 79.9. The molecule has 3 nitrogen and oxygen atoms in total. The molecule has 0 fully saturated rings. The van der Waals surface area contributed by atoms with Crippen molar-refractivity contribution in [2.45, 2.75) is 38.9 Å². The number of carbonyl (C=O) groups is 2. The van der Waals surface area contributed by atoms with E-state index in [1.807, 2.05) is 20.8 Å². The third-order valence-corrected chi connectivity index (χ3v) is 2.37. The summed E-state index contributed by atoms with van der Waals surface area (Å²) in [6.45, 7) is 7.87. The van der Waals surface area contributed by atoms with E-state index in [2.05, 4.69) is 15.9 Å². The Balaban J connectivity index is 4.19. The zero-order chi connectivity index (χ0) is 11.4.